The average Bonchev–Trinajstić information content (AvgIpc) is 2.81. The molecule has 0 aromatic heterocycles. The molecule has 174 valence electrons. The highest BCUT2D eigenvalue weighted by Crippen LogP contribution is 2.25. The molecule has 0 radical (unpaired) electrons. The van der Waals surface area contributed by atoms with E-state index in [1.165, 1.54) is 4.31 Å². The van der Waals surface area contributed by atoms with Crippen LogP contribution in [0.3, 0.4) is 0 Å². The molecule has 0 N–H and O–H groups in total. The molecule has 0 atom stereocenters. The molecular weight excluding hydrogens is 430 g/mol. The van der Waals surface area contributed by atoms with Crippen LogP contribution in [0, 0.1) is 12.8 Å². The minimum Gasteiger partial charge on any atom is -0.494 e. The zero-order chi connectivity index (χ0) is 23.0. The van der Waals surface area contributed by atoms with Crippen molar-refractivity contribution in [2.24, 2.45) is 5.92 Å². The molecule has 1 aliphatic heterocycles. The molecule has 2 aromatic carbocycles. The summed E-state index contributed by atoms with van der Waals surface area (Å²) in [5.74, 6) is 0.875. The molecule has 32 heavy (non-hydrogen) atoms. The number of sulfonamides is 1. The number of ether oxygens (including phenoxy) is 3. The van der Waals surface area contributed by atoms with Gasteiger partial charge in [0.05, 0.1) is 17.4 Å². The van der Waals surface area contributed by atoms with Gasteiger partial charge in [0, 0.05) is 13.1 Å². The Morgan fingerprint density at radius 1 is 0.906 bits per heavy atom. The van der Waals surface area contributed by atoms with E-state index in [2.05, 4.69) is 6.92 Å². The Morgan fingerprint density at radius 3 is 2.03 bits per heavy atom. The van der Waals surface area contributed by atoms with Crippen molar-refractivity contribution in [1.82, 2.24) is 4.31 Å². The summed E-state index contributed by atoms with van der Waals surface area (Å²) in [5.41, 5.74) is 1.01. The molecule has 7 nitrogen and oxygen atoms in total. The molecule has 0 spiro atoms. The molecule has 1 aliphatic rings. The van der Waals surface area contributed by atoms with Gasteiger partial charge in [0.2, 0.25) is 10.0 Å². The fourth-order valence-corrected chi connectivity index (χ4v) is 4.93. The first-order valence-corrected chi connectivity index (χ1v) is 12.4. The lowest BCUT2D eigenvalue weighted by Crippen LogP contribution is -2.40. The smallest absolute Gasteiger partial charge is 0.309 e. The molecule has 1 heterocycles. The highest BCUT2D eigenvalue weighted by Gasteiger charge is 2.32. The molecule has 0 saturated carbocycles. The number of piperidine rings is 1. The second kappa shape index (κ2) is 11.3. The lowest BCUT2D eigenvalue weighted by Gasteiger charge is -2.30. The molecule has 1 saturated heterocycles. The maximum absolute atomic E-state index is 12.8. The van der Waals surface area contributed by atoms with Gasteiger partial charge in [-0.15, -0.1) is 0 Å². The predicted molar refractivity (Wildman–Crippen MR) is 121 cm³/mol. The fraction of sp³-hybridized carbons (Fsp3) is 0.458. The summed E-state index contributed by atoms with van der Waals surface area (Å²) >= 11 is 0. The van der Waals surface area contributed by atoms with Crippen molar-refractivity contribution in [1.29, 1.82) is 0 Å². The molecule has 2 aromatic rings. The van der Waals surface area contributed by atoms with Crippen molar-refractivity contribution < 1.29 is 27.4 Å². The maximum Gasteiger partial charge on any atom is 0.309 e. The summed E-state index contributed by atoms with van der Waals surface area (Å²) in [7, 11) is -3.54. The summed E-state index contributed by atoms with van der Waals surface area (Å²) in [5, 5.41) is 0. The number of esters is 1. The molecule has 0 amide bonds. The van der Waals surface area contributed by atoms with E-state index in [1.807, 2.05) is 31.2 Å². The van der Waals surface area contributed by atoms with E-state index < -0.39 is 10.0 Å². The van der Waals surface area contributed by atoms with Crippen molar-refractivity contribution in [3.05, 3.63) is 54.1 Å². The second-order valence-corrected chi connectivity index (χ2v) is 9.77. The third-order valence-corrected chi connectivity index (χ3v) is 7.25. The molecule has 0 bridgehead atoms. The van der Waals surface area contributed by atoms with Crippen LogP contribution in [0.25, 0.3) is 0 Å². The normalized spacial score (nSPS) is 15.3. The lowest BCUT2D eigenvalue weighted by molar-refractivity contribution is -0.150. The summed E-state index contributed by atoms with van der Waals surface area (Å²) in [6, 6.07) is 14.1. The van der Waals surface area contributed by atoms with Gasteiger partial charge in [-0.05, 0) is 62.6 Å². The van der Waals surface area contributed by atoms with Gasteiger partial charge in [-0.1, -0.05) is 24.6 Å². The molecule has 1 fully saturated rings. The number of aryl methyl sites for hydroxylation is 1. The first-order chi connectivity index (χ1) is 15.4. The number of rotatable bonds is 10. The summed E-state index contributed by atoms with van der Waals surface area (Å²) in [6.45, 7) is 5.65. The molecule has 0 aliphatic carbocycles. The maximum atomic E-state index is 12.8. The van der Waals surface area contributed by atoms with E-state index in [1.54, 1.807) is 24.3 Å². The predicted octanol–water partition coefficient (Wildman–Crippen LogP) is 3.81. The number of nitrogens with zero attached hydrogens (tertiary/aromatic N) is 1. The monoisotopic (exact) mass is 461 g/mol. The van der Waals surface area contributed by atoms with E-state index in [-0.39, 0.29) is 30.0 Å². The van der Waals surface area contributed by atoms with E-state index >= 15 is 0 Å². The van der Waals surface area contributed by atoms with Gasteiger partial charge in [-0.25, -0.2) is 8.42 Å². The lowest BCUT2D eigenvalue weighted by atomic mass is 9.98. The van der Waals surface area contributed by atoms with Gasteiger partial charge < -0.3 is 14.2 Å². The van der Waals surface area contributed by atoms with Crippen LogP contribution in [0.15, 0.2) is 53.4 Å². The number of benzene rings is 2. The van der Waals surface area contributed by atoms with Crippen LogP contribution in [0.5, 0.6) is 11.5 Å². The SMILES string of the molecule is CCCOc1ccc(OCCOC(=O)C2CCN(S(=O)(=O)c3ccc(C)cc3)CC2)cc1. The van der Waals surface area contributed by atoms with Crippen LogP contribution >= 0.6 is 0 Å². The Labute approximate surface area is 190 Å². The number of hydrogen-bond donors (Lipinski definition) is 0. The zero-order valence-electron chi connectivity index (χ0n) is 18.7. The zero-order valence-corrected chi connectivity index (χ0v) is 19.5. The largest absolute Gasteiger partial charge is 0.494 e. The van der Waals surface area contributed by atoms with Crippen molar-refractivity contribution in [2.75, 3.05) is 32.9 Å². The molecule has 8 heteroatoms. The van der Waals surface area contributed by atoms with E-state index in [4.69, 9.17) is 14.2 Å². The fourth-order valence-electron chi connectivity index (χ4n) is 3.46. The quantitative estimate of drug-likeness (QED) is 0.395. The van der Waals surface area contributed by atoms with E-state index in [9.17, 15) is 13.2 Å². The van der Waals surface area contributed by atoms with Gasteiger partial charge in [0.25, 0.3) is 0 Å². The van der Waals surface area contributed by atoms with E-state index in [0.717, 1.165) is 17.7 Å². The Bertz CT molecular complexity index is 965. The first-order valence-electron chi connectivity index (χ1n) is 11.0. The van der Waals surface area contributed by atoms with Gasteiger partial charge in [0.1, 0.15) is 24.7 Å². The highest BCUT2D eigenvalue weighted by molar-refractivity contribution is 7.89. The number of carbonyl (C=O) groups excluding carboxylic acids is 1. The molecule has 3 rings (SSSR count). The molecular formula is C24H31NO6S. The standard InChI is InChI=1S/C24H31NO6S/c1-3-16-29-21-6-8-22(9-7-21)30-17-18-31-24(26)20-12-14-25(15-13-20)32(27,28)23-10-4-19(2)5-11-23/h4-11,20H,3,12-18H2,1-2H3. The summed E-state index contributed by atoms with van der Waals surface area (Å²) in [4.78, 5) is 12.6. The Balaban J connectivity index is 1.38. The van der Waals surface area contributed by atoms with Gasteiger partial charge >= 0.3 is 5.97 Å². The minimum absolute atomic E-state index is 0.148. The van der Waals surface area contributed by atoms with Crippen LogP contribution in [-0.2, 0) is 19.6 Å². The Hall–Kier alpha value is -2.58. The van der Waals surface area contributed by atoms with E-state index in [0.29, 0.717) is 38.3 Å². The van der Waals surface area contributed by atoms with Crippen molar-refractivity contribution in [3.8, 4) is 11.5 Å². The van der Waals surface area contributed by atoms with Gasteiger partial charge in [-0.3, -0.25) is 4.79 Å². The van der Waals surface area contributed by atoms with Gasteiger partial charge in [0.15, 0.2) is 0 Å². The number of carbonyl (C=O) groups is 1. The van der Waals surface area contributed by atoms with Crippen LogP contribution < -0.4 is 9.47 Å². The van der Waals surface area contributed by atoms with Crippen LogP contribution in [-0.4, -0.2) is 51.6 Å². The second-order valence-electron chi connectivity index (χ2n) is 7.83. The molecule has 0 unspecified atom stereocenters. The van der Waals surface area contributed by atoms with Crippen LogP contribution in [0.1, 0.15) is 31.7 Å². The Morgan fingerprint density at radius 2 is 1.47 bits per heavy atom. The average molecular weight is 462 g/mol. The van der Waals surface area contributed by atoms with Crippen LogP contribution in [0.2, 0.25) is 0 Å². The topological polar surface area (TPSA) is 82.1 Å². The summed E-state index contributed by atoms with van der Waals surface area (Å²) < 4.78 is 43.5. The van der Waals surface area contributed by atoms with Crippen molar-refractivity contribution in [2.45, 2.75) is 38.0 Å². The first kappa shape index (κ1) is 24.1. The Kier molecular flexibility index (Phi) is 8.53. The van der Waals surface area contributed by atoms with Gasteiger partial charge in [-0.2, -0.15) is 4.31 Å². The third kappa shape index (κ3) is 6.46. The van der Waals surface area contributed by atoms with Crippen LogP contribution in [0.4, 0.5) is 0 Å². The van der Waals surface area contributed by atoms with Crippen molar-refractivity contribution >= 4 is 16.0 Å². The third-order valence-electron chi connectivity index (χ3n) is 5.34. The highest BCUT2D eigenvalue weighted by atomic mass is 32.2. The summed E-state index contributed by atoms with van der Waals surface area (Å²) in [6.07, 6.45) is 1.85. The minimum atomic E-state index is -3.54. The van der Waals surface area contributed by atoms with Crippen molar-refractivity contribution in [3.63, 3.8) is 0 Å². The number of hydrogen-bond acceptors (Lipinski definition) is 6.